The van der Waals surface area contributed by atoms with E-state index >= 15 is 0 Å². The normalized spacial score (nSPS) is 26.7. The van der Waals surface area contributed by atoms with Gasteiger partial charge in [0, 0.05) is 25.7 Å². The number of benzene rings is 1. The van der Waals surface area contributed by atoms with Gasteiger partial charge in [0.2, 0.25) is 0 Å². The number of nitrogens with zero attached hydrogens (tertiary/aromatic N) is 2. The van der Waals surface area contributed by atoms with Crippen molar-refractivity contribution in [1.82, 2.24) is 10.2 Å². The molecule has 3 atom stereocenters. The Morgan fingerprint density at radius 2 is 2.27 bits per heavy atom. The first-order valence-electron chi connectivity index (χ1n) is 8.85. The van der Waals surface area contributed by atoms with Crippen LogP contribution in [0.15, 0.2) is 23.2 Å². The van der Waals surface area contributed by atoms with Crippen LogP contribution in [0.5, 0.6) is 0 Å². The van der Waals surface area contributed by atoms with Crippen molar-refractivity contribution in [3.8, 4) is 0 Å². The predicted octanol–water partition coefficient (Wildman–Crippen LogP) is 3.17. The van der Waals surface area contributed by atoms with Gasteiger partial charge < -0.3 is 15.8 Å². The summed E-state index contributed by atoms with van der Waals surface area (Å²) in [4.78, 5) is 6.73. The largest absolute Gasteiger partial charge is 0.376 e. The summed E-state index contributed by atoms with van der Waals surface area (Å²) in [6, 6.07) is 5.18. The minimum Gasteiger partial charge on any atom is -0.376 e. The van der Waals surface area contributed by atoms with E-state index in [0.29, 0.717) is 25.0 Å². The van der Waals surface area contributed by atoms with Gasteiger partial charge in [0.05, 0.1) is 11.1 Å². The van der Waals surface area contributed by atoms with Crippen molar-refractivity contribution in [3.05, 3.63) is 34.6 Å². The number of guanidine groups is 1. The summed E-state index contributed by atoms with van der Waals surface area (Å²) in [5, 5.41) is 3.30. The summed E-state index contributed by atoms with van der Waals surface area (Å²) in [7, 11) is 2.06. The summed E-state index contributed by atoms with van der Waals surface area (Å²) in [6.07, 6.45) is 3.42. The van der Waals surface area contributed by atoms with Gasteiger partial charge in [0.15, 0.2) is 5.96 Å². The van der Waals surface area contributed by atoms with Gasteiger partial charge in [0.1, 0.15) is 5.82 Å². The minimum absolute atomic E-state index is 0. The molecule has 5 nitrogen and oxygen atoms in total. The van der Waals surface area contributed by atoms with Crippen molar-refractivity contribution in [2.24, 2.45) is 16.6 Å². The summed E-state index contributed by atoms with van der Waals surface area (Å²) in [6.45, 7) is 3.10. The highest BCUT2D eigenvalue weighted by Gasteiger charge is 2.33. The topological polar surface area (TPSA) is 62.9 Å². The van der Waals surface area contributed by atoms with Gasteiger partial charge in [-0.1, -0.05) is 17.7 Å². The van der Waals surface area contributed by atoms with Crippen LogP contribution < -0.4 is 11.1 Å². The van der Waals surface area contributed by atoms with Gasteiger partial charge in [-0.25, -0.2) is 4.39 Å². The molecule has 2 aliphatic rings. The lowest BCUT2D eigenvalue weighted by Gasteiger charge is -2.25. The van der Waals surface area contributed by atoms with Crippen molar-refractivity contribution in [1.29, 1.82) is 0 Å². The lowest BCUT2D eigenvalue weighted by atomic mass is 9.94. The second-order valence-corrected chi connectivity index (χ2v) is 7.30. The Kier molecular flexibility index (Phi) is 8.38. The molecule has 0 radical (unpaired) electrons. The van der Waals surface area contributed by atoms with Gasteiger partial charge in [-0.05, 0) is 56.5 Å². The van der Waals surface area contributed by atoms with Crippen LogP contribution in [0.2, 0.25) is 5.02 Å². The highest BCUT2D eigenvalue weighted by atomic mass is 127. The molecule has 0 spiro atoms. The Hall–Kier alpha value is -0.640. The Labute approximate surface area is 176 Å². The molecule has 3 rings (SSSR count). The van der Waals surface area contributed by atoms with Crippen LogP contribution >= 0.6 is 35.6 Å². The highest BCUT2D eigenvalue weighted by Crippen LogP contribution is 2.37. The van der Waals surface area contributed by atoms with Crippen LogP contribution in [0.4, 0.5) is 4.39 Å². The predicted molar refractivity (Wildman–Crippen MR) is 114 cm³/mol. The lowest BCUT2D eigenvalue weighted by molar-refractivity contribution is 0.114. The number of hydrogen-bond acceptors (Lipinski definition) is 3. The highest BCUT2D eigenvalue weighted by molar-refractivity contribution is 14.0. The van der Waals surface area contributed by atoms with Gasteiger partial charge in [-0.3, -0.25) is 9.89 Å². The molecule has 8 heteroatoms. The second kappa shape index (κ2) is 10.1. The molecule has 3 unspecified atom stereocenters. The van der Waals surface area contributed by atoms with Crippen LogP contribution in [0.1, 0.15) is 30.9 Å². The van der Waals surface area contributed by atoms with E-state index in [1.54, 1.807) is 6.07 Å². The Bertz CT molecular complexity index is 627. The number of halogens is 3. The number of nitrogens with two attached hydrogens (primary N) is 1. The Balaban J connectivity index is 0.00000243. The SMILES string of the molecule is CN1CCC(CN=C(N)NCC2CCCO2)C1c1ccc(Cl)c(F)c1.I. The molecular formula is C18H27ClFIN4O. The first-order valence-corrected chi connectivity index (χ1v) is 9.23. The van der Waals surface area contributed by atoms with Gasteiger partial charge in [0.25, 0.3) is 0 Å². The number of nitrogens with one attached hydrogen (secondary N) is 1. The monoisotopic (exact) mass is 496 g/mol. The van der Waals surface area contributed by atoms with Crippen LogP contribution in [-0.4, -0.2) is 50.3 Å². The van der Waals surface area contributed by atoms with Crippen LogP contribution in [-0.2, 0) is 4.74 Å². The quantitative estimate of drug-likeness (QED) is 0.373. The number of rotatable bonds is 5. The standard InChI is InChI=1S/C18H26ClFN4O.HI/c1-24-7-6-13(17(24)12-4-5-15(19)16(20)9-12)10-22-18(21)23-11-14-3-2-8-25-14;/h4-5,9,13-14,17H,2-3,6-8,10-11H2,1H3,(H3,21,22,23);1H. The average molecular weight is 497 g/mol. The van der Waals surface area contributed by atoms with Crippen LogP contribution in [0.25, 0.3) is 0 Å². The molecule has 3 N–H and O–H groups in total. The zero-order chi connectivity index (χ0) is 17.8. The smallest absolute Gasteiger partial charge is 0.188 e. The first kappa shape index (κ1) is 21.7. The van der Waals surface area contributed by atoms with Crippen LogP contribution in [0.3, 0.4) is 0 Å². The van der Waals surface area contributed by atoms with E-state index < -0.39 is 0 Å². The van der Waals surface area contributed by atoms with Crippen molar-refractivity contribution in [3.63, 3.8) is 0 Å². The van der Waals surface area contributed by atoms with Crippen molar-refractivity contribution in [2.45, 2.75) is 31.4 Å². The summed E-state index contributed by atoms with van der Waals surface area (Å²) in [5.74, 6) is 0.374. The fourth-order valence-electron chi connectivity index (χ4n) is 3.74. The molecule has 0 aromatic heterocycles. The van der Waals surface area contributed by atoms with E-state index in [4.69, 9.17) is 22.1 Å². The lowest BCUT2D eigenvalue weighted by Crippen LogP contribution is -2.37. The molecule has 26 heavy (non-hydrogen) atoms. The zero-order valence-corrected chi connectivity index (χ0v) is 18.0. The van der Waals surface area contributed by atoms with Crippen molar-refractivity contribution < 1.29 is 9.13 Å². The number of aliphatic imine (C=N–C) groups is 1. The maximum absolute atomic E-state index is 13.8. The van der Waals surface area contributed by atoms with Crippen molar-refractivity contribution in [2.75, 3.05) is 33.3 Å². The Morgan fingerprint density at radius 3 is 2.96 bits per heavy atom. The molecule has 1 aromatic rings. The molecule has 0 bridgehead atoms. The fourth-order valence-corrected chi connectivity index (χ4v) is 3.85. The van der Waals surface area contributed by atoms with Crippen molar-refractivity contribution >= 4 is 41.5 Å². The Morgan fingerprint density at radius 1 is 1.46 bits per heavy atom. The van der Waals surface area contributed by atoms with E-state index in [-0.39, 0.29) is 47.0 Å². The molecule has 146 valence electrons. The average Bonchev–Trinajstić information content (AvgIpc) is 3.23. The van der Waals surface area contributed by atoms with Gasteiger partial charge in [-0.15, -0.1) is 24.0 Å². The molecule has 0 aliphatic carbocycles. The summed E-state index contributed by atoms with van der Waals surface area (Å²) >= 11 is 5.81. The van der Waals surface area contributed by atoms with E-state index in [1.165, 1.54) is 6.07 Å². The third-order valence-electron chi connectivity index (χ3n) is 5.09. The minimum atomic E-state index is -0.375. The molecule has 2 fully saturated rings. The van der Waals surface area contributed by atoms with Crippen LogP contribution in [0, 0.1) is 11.7 Å². The zero-order valence-electron chi connectivity index (χ0n) is 15.0. The number of hydrogen-bond donors (Lipinski definition) is 2. The molecular weight excluding hydrogens is 470 g/mol. The third kappa shape index (κ3) is 5.43. The van der Waals surface area contributed by atoms with E-state index in [2.05, 4.69) is 22.3 Å². The maximum atomic E-state index is 13.8. The van der Waals surface area contributed by atoms with Gasteiger partial charge >= 0.3 is 0 Å². The summed E-state index contributed by atoms with van der Waals surface area (Å²) in [5.41, 5.74) is 6.92. The maximum Gasteiger partial charge on any atom is 0.188 e. The van der Waals surface area contributed by atoms with E-state index in [9.17, 15) is 4.39 Å². The molecule has 2 heterocycles. The van der Waals surface area contributed by atoms with E-state index in [0.717, 1.165) is 38.0 Å². The molecule has 1 aromatic carbocycles. The second-order valence-electron chi connectivity index (χ2n) is 6.89. The van der Waals surface area contributed by atoms with E-state index in [1.807, 2.05) is 6.07 Å². The molecule has 0 amide bonds. The van der Waals surface area contributed by atoms with Gasteiger partial charge in [-0.2, -0.15) is 0 Å². The number of likely N-dealkylation sites (tertiary alicyclic amines) is 1. The summed E-state index contributed by atoms with van der Waals surface area (Å²) < 4.78 is 19.4. The fraction of sp³-hybridized carbons (Fsp3) is 0.611. The third-order valence-corrected chi connectivity index (χ3v) is 5.40. The molecule has 2 aliphatic heterocycles. The molecule has 0 saturated carbocycles. The number of ether oxygens (including phenoxy) is 1. The molecule has 2 saturated heterocycles. The first-order chi connectivity index (χ1) is 12.0.